The summed E-state index contributed by atoms with van der Waals surface area (Å²) in [5.74, 6) is 0.643. The zero-order valence-corrected chi connectivity index (χ0v) is 7.98. The third kappa shape index (κ3) is 1.18. The Labute approximate surface area is 83.4 Å². The number of rotatable bonds is 1. The van der Waals surface area contributed by atoms with Crippen LogP contribution in [0.3, 0.4) is 0 Å². The van der Waals surface area contributed by atoms with Gasteiger partial charge < -0.3 is 0 Å². The van der Waals surface area contributed by atoms with E-state index in [9.17, 15) is 0 Å². The van der Waals surface area contributed by atoms with Gasteiger partial charge in [-0.3, -0.25) is 0 Å². The minimum Gasteiger partial charge on any atom is -0.241 e. The lowest BCUT2D eigenvalue weighted by molar-refractivity contribution is -0.532. The zero-order chi connectivity index (χ0) is 9.38. The molecule has 1 heterocycles. The van der Waals surface area contributed by atoms with Crippen LogP contribution in [0, 0.1) is 0 Å². The van der Waals surface area contributed by atoms with Gasteiger partial charge in [0.1, 0.15) is 24.8 Å². The van der Waals surface area contributed by atoms with Gasteiger partial charge in [0, 0.05) is 0 Å². The Morgan fingerprint density at radius 1 is 0.929 bits per heavy atom. The van der Waals surface area contributed by atoms with E-state index in [1.54, 1.807) is 0 Å². The maximum atomic E-state index is 3.45. The molecule has 1 saturated carbocycles. The van der Waals surface area contributed by atoms with Gasteiger partial charge in [-0.1, -0.05) is 30.3 Å². The van der Waals surface area contributed by atoms with Crippen LogP contribution >= 0.6 is 0 Å². The van der Waals surface area contributed by atoms with Crippen LogP contribution in [0.1, 0.15) is 17.9 Å². The Hall–Kier alpha value is -1.44. The number of benzene rings is 1. The van der Waals surface area contributed by atoms with Crippen molar-refractivity contribution in [2.45, 2.75) is 24.4 Å². The first-order valence-corrected chi connectivity index (χ1v) is 5.17. The van der Waals surface area contributed by atoms with Crippen LogP contribution in [0.5, 0.6) is 0 Å². The van der Waals surface area contributed by atoms with Crippen molar-refractivity contribution < 1.29 is 9.98 Å². The van der Waals surface area contributed by atoms with Gasteiger partial charge >= 0.3 is 0 Å². The Kier molecular flexibility index (Phi) is 1.72. The van der Waals surface area contributed by atoms with E-state index >= 15 is 0 Å². The van der Waals surface area contributed by atoms with E-state index in [0.29, 0.717) is 18.0 Å². The molecule has 14 heavy (non-hydrogen) atoms. The molecule has 1 aliphatic heterocycles. The van der Waals surface area contributed by atoms with Crippen molar-refractivity contribution in [1.82, 2.24) is 0 Å². The summed E-state index contributed by atoms with van der Waals surface area (Å²) in [6, 6.07) is 11.9. The summed E-state index contributed by atoms with van der Waals surface area (Å²) in [6.07, 6.45) is 5.29. The predicted octanol–water partition coefficient (Wildman–Crippen LogP) is -1.77. The van der Waals surface area contributed by atoms with E-state index in [4.69, 9.17) is 0 Å². The Morgan fingerprint density at radius 2 is 1.57 bits per heavy atom. The van der Waals surface area contributed by atoms with Crippen molar-refractivity contribution in [2.24, 2.45) is 0 Å². The fraction of sp³-hybridized carbons (Fsp3) is 0.333. The Balaban J connectivity index is 1.88. The van der Waals surface area contributed by atoms with Gasteiger partial charge in [-0.05, 0) is 5.56 Å². The van der Waals surface area contributed by atoms with Crippen molar-refractivity contribution in [3.8, 4) is 0 Å². The molecule has 1 fully saturated rings. The number of nitrogens with one attached hydrogen (secondary N) is 2. The molecule has 1 aromatic carbocycles. The smallest absolute Gasteiger partial charge is 0.225 e. The molecule has 2 N–H and O–H groups in total. The molecule has 1 aromatic rings. The van der Waals surface area contributed by atoms with Crippen molar-refractivity contribution in [3.63, 3.8) is 0 Å². The van der Waals surface area contributed by atoms with Gasteiger partial charge in [0.05, 0.1) is 0 Å². The average molecular weight is 186 g/mol. The molecule has 2 aliphatic rings. The monoisotopic (exact) mass is 186 g/mol. The van der Waals surface area contributed by atoms with E-state index in [1.807, 2.05) is 0 Å². The predicted molar refractivity (Wildman–Crippen MR) is 55.4 cm³/mol. The van der Waals surface area contributed by atoms with Crippen molar-refractivity contribution >= 4 is 12.4 Å². The average Bonchev–Trinajstić information content (AvgIpc) is 2.93. The SMILES string of the molecule is C1=[NH+]C2C([NH+]=CC1)C2c1ccccc1. The second-order valence-corrected chi connectivity index (χ2v) is 3.97. The van der Waals surface area contributed by atoms with Crippen LogP contribution in [0.4, 0.5) is 0 Å². The lowest BCUT2D eigenvalue weighted by atomic mass is 10.1. The lowest BCUT2D eigenvalue weighted by Gasteiger charge is -1.92. The first-order valence-electron chi connectivity index (χ1n) is 5.17. The normalized spacial score (nSPS) is 33.6. The number of hydrogen-bond donors (Lipinski definition) is 2. The molecular weight excluding hydrogens is 172 g/mol. The molecule has 70 valence electrons. The molecule has 1 aliphatic carbocycles. The standard InChI is InChI=1S/C12H12N2/c1-2-5-9(6-3-1)10-11-12(10)14-8-4-7-13-11/h1-3,5-8,10-12H,4H2/p+2. The van der Waals surface area contributed by atoms with E-state index in [2.05, 4.69) is 52.7 Å². The highest BCUT2D eigenvalue weighted by atomic mass is 15.0. The summed E-state index contributed by atoms with van der Waals surface area (Å²) >= 11 is 0. The quantitative estimate of drug-likeness (QED) is 0.519. The maximum absolute atomic E-state index is 3.45. The number of hydrogen-bond acceptors (Lipinski definition) is 0. The van der Waals surface area contributed by atoms with Crippen molar-refractivity contribution in [2.75, 3.05) is 0 Å². The van der Waals surface area contributed by atoms with Crippen LogP contribution < -0.4 is 9.98 Å². The first kappa shape index (κ1) is 7.92. The summed E-state index contributed by atoms with van der Waals surface area (Å²) < 4.78 is 0. The molecule has 3 rings (SSSR count). The van der Waals surface area contributed by atoms with Crippen LogP contribution in [0.2, 0.25) is 0 Å². The summed E-state index contributed by atoms with van der Waals surface area (Å²) in [5, 5.41) is 0. The van der Waals surface area contributed by atoms with Gasteiger partial charge in [0.2, 0.25) is 12.1 Å². The minimum atomic E-state index is 0.594. The molecular formula is C12H14N2+2. The Morgan fingerprint density at radius 3 is 2.21 bits per heavy atom. The minimum absolute atomic E-state index is 0.594. The lowest BCUT2D eigenvalue weighted by Crippen LogP contribution is -2.78. The van der Waals surface area contributed by atoms with E-state index in [-0.39, 0.29) is 0 Å². The summed E-state index contributed by atoms with van der Waals surface area (Å²) in [5.41, 5.74) is 1.44. The Bertz CT molecular complexity index is 363. The molecule has 2 heteroatoms. The second kappa shape index (κ2) is 3.05. The largest absolute Gasteiger partial charge is 0.241 e. The van der Waals surface area contributed by atoms with Crippen LogP contribution in [-0.2, 0) is 0 Å². The summed E-state index contributed by atoms with van der Waals surface area (Å²) in [7, 11) is 0. The highest BCUT2D eigenvalue weighted by Crippen LogP contribution is 2.35. The molecule has 0 bridgehead atoms. The summed E-state index contributed by atoms with van der Waals surface area (Å²) in [4.78, 5) is 6.90. The summed E-state index contributed by atoms with van der Waals surface area (Å²) in [6.45, 7) is 0. The third-order valence-electron chi connectivity index (χ3n) is 3.06. The van der Waals surface area contributed by atoms with Gasteiger partial charge in [0.15, 0.2) is 0 Å². The molecule has 0 spiro atoms. The molecule has 0 aromatic heterocycles. The fourth-order valence-electron chi connectivity index (χ4n) is 2.28. The van der Waals surface area contributed by atoms with Gasteiger partial charge in [-0.15, -0.1) is 0 Å². The van der Waals surface area contributed by atoms with Gasteiger partial charge in [0.25, 0.3) is 0 Å². The van der Waals surface area contributed by atoms with Crippen molar-refractivity contribution in [3.05, 3.63) is 35.9 Å². The van der Waals surface area contributed by atoms with Crippen LogP contribution in [0.15, 0.2) is 30.3 Å². The second-order valence-electron chi connectivity index (χ2n) is 3.97. The van der Waals surface area contributed by atoms with E-state index < -0.39 is 0 Å². The van der Waals surface area contributed by atoms with Crippen molar-refractivity contribution in [1.29, 1.82) is 0 Å². The molecule has 2 atom stereocenters. The topological polar surface area (TPSA) is 27.9 Å². The van der Waals surface area contributed by atoms with Crippen LogP contribution in [-0.4, -0.2) is 24.5 Å². The fourth-order valence-corrected chi connectivity index (χ4v) is 2.28. The highest BCUT2D eigenvalue weighted by molar-refractivity contribution is 5.73. The molecule has 2 unspecified atom stereocenters. The molecule has 2 nitrogen and oxygen atoms in total. The van der Waals surface area contributed by atoms with Gasteiger partial charge in [-0.25, -0.2) is 9.98 Å². The van der Waals surface area contributed by atoms with E-state index in [0.717, 1.165) is 6.42 Å². The highest BCUT2D eigenvalue weighted by Gasteiger charge is 2.62. The first-order chi connectivity index (χ1) is 6.97. The van der Waals surface area contributed by atoms with Crippen LogP contribution in [0.25, 0.3) is 0 Å². The van der Waals surface area contributed by atoms with E-state index in [1.165, 1.54) is 5.56 Å². The molecule has 0 saturated heterocycles. The zero-order valence-electron chi connectivity index (χ0n) is 7.98. The third-order valence-corrected chi connectivity index (χ3v) is 3.06. The molecule has 0 amide bonds. The molecule has 0 radical (unpaired) electrons. The maximum Gasteiger partial charge on any atom is 0.225 e. The number of fused-ring (bicyclic) bond motifs is 1. The van der Waals surface area contributed by atoms with Gasteiger partial charge in [-0.2, -0.15) is 0 Å².